The van der Waals surface area contributed by atoms with E-state index < -0.39 is 0 Å². The Labute approximate surface area is 124 Å². The number of ether oxygens (including phenoxy) is 1. The number of halogens is 2. The predicted octanol–water partition coefficient (Wildman–Crippen LogP) is 2.84. The quantitative estimate of drug-likeness (QED) is 0.909. The minimum atomic E-state index is -0.387. The van der Waals surface area contributed by atoms with Crippen LogP contribution < -0.4 is 5.73 Å². The molecule has 2 unspecified atom stereocenters. The first-order chi connectivity index (χ1) is 9.65. The molecule has 0 amide bonds. The third-order valence-corrected chi connectivity index (χ3v) is 4.23. The Hall–Kier alpha value is -0.680. The first kappa shape index (κ1) is 15.7. The largest absolute Gasteiger partial charge is 0.384 e. The van der Waals surface area contributed by atoms with Crippen molar-refractivity contribution in [3.63, 3.8) is 0 Å². The number of likely N-dealkylation sites (tertiary alicyclic amines) is 1. The van der Waals surface area contributed by atoms with Gasteiger partial charge in [-0.3, -0.25) is 4.90 Å². The Morgan fingerprint density at radius 1 is 1.55 bits per heavy atom. The second-order valence-corrected chi connectivity index (χ2v) is 5.79. The van der Waals surface area contributed by atoms with E-state index in [9.17, 15) is 4.39 Å². The van der Waals surface area contributed by atoms with Crippen LogP contribution in [-0.4, -0.2) is 38.3 Å². The van der Waals surface area contributed by atoms with Crippen molar-refractivity contribution in [2.45, 2.75) is 18.9 Å². The topological polar surface area (TPSA) is 38.5 Å². The average Bonchev–Trinajstić information content (AvgIpc) is 2.44. The summed E-state index contributed by atoms with van der Waals surface area (Å²) in [5.41, 5.74) is 6.92. The number of benzene rings is 1. The highest BCUT2D eigenvalue weighted by Gasteiger charge is 2.26. The monoisotopic (exact) mass is 300 g/mol. The summed E-state index contributed by atoms with van der Waals surface area (Å²) < 4.78 is 18.5. The van der Waals surface area contributed by atoms with Crippen LogP contribution >= 0.6 is 11.6 Å². The molecule has 0 aliphatic carbocycles. The molecule has 1 heterocycles. The number of nitrogens with zero attached hydrogens (tertiary/aromatic N) is 1. The second-order valence-electron chi connectivity index (χ2n) is 5.38. The zero-order valence-electron chi connectivity index (χ0n) is 11.8. The van der Waals surface area contributed by atoms with Crippen LogP contribution in [0.4, 0.5) is 4.39 Å². The first-order valence-electron chi connectivity index (χ1n) is 7.03. The van der Waals surface area contributed by atoms with Crippen molar-refractivity contribution in [3.05, 3.63) is 34.6 Å². The van der Waals surface area contributed by atoms with Gasteiger partial charge in [0.2, 0.25) is 0 Å². The van der Waals surface area contributed by atoms with E-state index in [-0.39, 0.29) is 16.9 Å². The normalized spacial score (nSPS) is 21.9. The van der Waals surface area contributed by atoms with Crippen LogP contribution in [0.5, 0.6) is 0 Å². The van der Waals surface area contributed by atoms with Crippen molar-refractivity contribution in [3.8, 4) is 0 Å². The van der Waals surface area contributed by atoms with Gasteiger partial charge in [0.25, 0.3) is 0 Å². The van der Waals surface area contributed by atoms with Gasteiger partial charge in [-0.2, -0.15) is 0 Å². The maximum absolute atomic E-state index is 13.3. The molecule has 5 heteroatoms. The summed E-state index contributed by atoms with van der Waals surface area (Å²) in [6.45, 7) is 3.25. The molecule has 0 saturated carbocycles. The van der Waals surface area contributed by atoms with Crippen molar-refractivity contribution >= 4 is 11.6 Å². The summed E-state index contributed by atoms with van der Waals surface area (Å²) in [7, 11) is 1.74. The number of piperidine rings is 1. The minimum Gasteiger partial charge on any atom is -0.384 e. The van der Waals surface area contributed by atoms with E-state index in [4.69, 9.17) is 22.1 Å². The number of rotatable bonds is 5. The van der Waals surface area contributed by atoms with Gasteiger partial charge in [-0.15, -0.1) is 0 Å². The maximum atomic E-state index is 13.3. The van der Waals surface area contributed by atoms with Crippen LogP contribution in [-0.2, 0) is 4.74 Å². The van der Waals surface area contributed by atoms with E-state index in [1.54, 1.807) is 19.2 Å². The molecule has 112 valence electrons. The fraction of sp³-hybridized carbons (Fsp3) is 0.600. The molecule has 0 radical (unpaired) electrons. The van der Waals surface area contributed by atoms with Crippen LogP contribution in [0, 0.1) is 11.7 Å². The lowest BCUT2D eigenvalue weighted by molar-refractivity contribution is 0.0697. The van der Waals surface area contributed by atoms with E-state index in [0.29, 0.717) is 12.5 Å². The van der Waals surface area contributed by atoms with Crippen molar-refractivity contribution in [1.29, 1.82) is 0 Å². The van der Waals surface area contributed by atoms with Gasteiger partial charge in [0, 0.05) is 26.2 Å². The van der Waals surface area contributed by atoms with E-state index in [2.05, 4.69) is 4.90 Å². The molecule has 0 bridgehead atoms. The van der Waals surface area contributed by atoms with Crippen molar-refractivity contribution in [1.82, 2.24) is 4.90 Å². The van der Waals surface area contributed by atoms with Crippen LogP contribution in [0.2, 0.25) is 5.02 Å². The number of hydrogen-bond donors (Lipinski definition) is 1. The summed E-state index contributed by atoms with van der Waals surface area (Å²) in [4.78, 5) is 2.36. The Kier molecular flexibility index (Phi) is 5.78. The zero-order chi connectivity index (χ0) is 14.5. The van der Waals surface area contributed by atoms with Crippen molar-refractivity contribution in [2.75, 3.05) is 33.4 Å². The van der Waals surface area contributed by atoms with Gasteiger partial charge in [-0.25, -0.2) is 4.39 Å². The Bertz CT molecular complexity index is 442. The second kappa shape index (κ2) is 7.36. The molecule has 2 N–H and O–H groups in total. The van der Waals surface area contributed by atoms with E-state index in [1.165, 1.54) is 12.5 Å². The van der Waals surface area contributed by atoms with Gasteiger partial charge < -0.3 is 10.5 Å². The summed E-state index contributed by atoms with van der Waals surface area (Å²) in [6.07, 6.45) is 2.32. The number of nitrogens with two attached hydrogens (primary N) is 1. The maximum Gasteiger partial charge on any atom is 0.141 e. The fourth-order valence-corrected chi connectivity index (χ4v) is 3.16. The van der Waals surface area contributed by atoms with E-state index in [0.717, 1.165) is 31.7 Å². The Morgan fingerprint density at radius 3 is 3.00 bits per heavy atom. The van der Waals surface area contributed by atoms with Gasteiger partial charge in [0.15, 0.2) is 0 Å². The van der Waals surface area contributed by atoms with Gasteiger partial charge in [0.1, 0.15) is 5.82 Å². The van der Waals surface area contributed by atoms with Gasteiger partial charge in [-0.1, -0.05) is 17.7 Å². The third-order valence-electron chi connectivity index (χ3n) is 3.95. The molecule has 1 saturated heterocycles. The molecule has 0 spiro atoms. The van der Waals surface area contributed by atoms with Crippen LogP contribution in [0.1, 0.15) is 24.4 Å². The predicted molar refractivity (Wildman–Crippen MR) is 79.4 cm³/mol. The van der Waals surface area contributed by atoms with Crippen LogP contribution in [0.3, 0.4) is 0 Å². The SMILES string of the molecule is COCC1CCCN(C(CN)c2ccc(F)c(Cl)c2)C1. The van der Waals surface area contributed by atoms with Crippen LogP contribution in [0.25, 0.3) is 0 Å². The summed E-state index contributed by atoms with van der Waals surface area (Å²) in [6, 6.07) is 4.97. The molecule has 2 rings (SSSR count). The number of methoxy groups -OCH3 is 1. The fourth-order valence-electron chi connectivity index (χ4n) is 2.97. The number of hydrogen-bond acceptors (Lipinski definition) is 3. The molecule has 1 aliphatic heterocycles. The molecule has 3 nitrogen and oxygen atoms in total. The Morgan fingerprint density at radius 2 is 2.35 bits per heavy atom. The molecule has 0 aromatic heterocycles. The van der Waals surface area contributed by atoms with Crippen molar-refractivity contribution < 1.29 is 9.13 Å². The Balaban J connectivity index is 2.12. The lowest BCUT2D eigenvalue weighted by atomic mass is 9.95. The molecule has 1 aromatic rings. The first-order valence-corrected chi connectivity index (χ1v) is 7.41. The van der Waals surface area contributed by atoms with Gasteiger partial charge in [0.05, 0.1) is 11.6 Å². The molecule has 2 atom stereocenters. The van der Waals surface area contributed by atoms with Crippen molar-refractivity contribution in [2.24, 2.45) is 11.7 Å². The minimum absolute atomic E-state index is 0.0905. The molecule has 1 aromatic carbocycles. The smallest absolute Gasteiger partial charge is 0.141 e. The molecular formula is C15H22ClFN2O. The average molecular weight is 301 g/mol. The molecule has 1 fully saturated rings. The highest BCUT2D eigenvalue weighted by Crippen LogP contribution is 2.28. The molecular weight excluding hydrogens is 279 g/mol. The zero-order valence-corrected chi connectivity index (χ0v) is 12.6. The van der Waals surface area contributed by atoms with E-state index in [1.807, 2.05) is 0 Å². The highest BCUT2D eigenvalue weighted by atomic mass is 35.5. The molecule has 20 heavy (non-hydrogen) atoms. The van der Waals surface area contributed by atoms with Crippen LogP contribution in [0.15, 0.2) is 18.2 Å². The van der Waals surface area contributed by atoms with Gasteiger partial charge >= 0.3 is 0 Å². The highest BCUT2D eigenvalue weighted by molar-refractivity contribution is 6.30. The standard InChI is InChI=1S/C15H22ClFN2O/c1-20-10-11-3-2-6-19(9-11)15(8-18)12-4-5-14(17)13(16)7-12/h4-5,7,11,15H,2-3,6,8-10,18H2,1H3. The summed E-state index contributed by atoms with van der Waals surface area (Å²) >= 11 is 5.88. The summed E-state index contributed by atoms with van der Waals surface area (Å²) in [5.74, 6) is 0.154. The van der Waals surface area contributed by atoms with Gasteiger partial charge in [-0.05, 0) is 43.0 Å². The third kappa shape index (κ3) is 3.70. The lowest BCUT2D eigenvalue weighted by Crippen LogP contribution is -2.42. The van der Waals surface area contributed by atoms with E-state index >= 15 is 0 Å². The summed E-state index contributed by atoms with van der Waals surface area (Å²) in [5, 5.41) is 0.159. The molecule has 1 aliphatic rings. The lowest BCUT2D eigenvalue weighted by Gasteiger charge is -2.38.